The zero-order valence-electron chi connectivity index (χ0n) is 13.0. The average molecular weight is 305 g/mol. The van der Waals surface area contributed by atoms with E-state index in [9.17, 15) is 9.59 Å². The smallest absolute Gasteiger partial charge is 0.337 e. The Morgan fingerprint density at radius 3 is 2.18 bits per heavy atom. The first-order valence-corrected chi connectivity index (χ1v) is 7.79. The normalized spacial score (nSPS) is 15.6. The first-order chi connectivity index (χ1) is 10.7. The zero-order valence-corrected chi connectivity index (χ0v) is 13.0. The fraction of sp³-hybridized carbons (Fsp3) is 0.529. The van der Waals surface area contributed by atoms with Crippen molar-refractivity contribution in [3.05, 3.63) is 29.8 Å². The second-order valence-electron chi connectivity index (χ2n) is 5.45. The molecule has 5 nitrogen and oxygen atoms in total. The van der Waals surface area contributed by atoms with Gasteiger partial charge in [-0.1, -0.05) is 19.3 Å². The van der Waals surface area contributed by atoms with Crippen molar-refractivity contribution in [2.24, 2.45) is 0 Å². The highest BCUT2D eigenvalue weighted by Gasteiger charge is 2.15. The lowest BCUT2D eigenvalue weighted by Gasteiger charge is -2.24. The number of esters is 1. The van der Waals surface area contributed by atoms with Gasteiger partial charge in [0.15, 0.2) is 6.61 Å². The predicted octanol–water partition coefficient (Wildman–Crippen LogP) is 2.64. The second-order valence-corrected chi connectivity index (χ2v) is 5.45. The highest BCUT2D eigenvalue weighted by Crippen LogP contribution is 2.14. The molecule has 0 N–H and O–H groups in total. The van der Waals surface area contributed by atoms with Crippen molar-refractivity contribution in [2.75, 3.05) is 26.8 Å². The summed E-state index contributed by atoms with van der Waals surface area (Å²) >= 11 is 0. The third kappa shape index (κ3) is 4.76. The number of benzene rings is 1. The first-order valence-electron chi connectivity index (χ1n) is 7.79. The molecule has 0 radical (unpaired) electrons. The van der Waals surface area contributed by atoms with E-state index < -0.39 is 0 Å². The van der Waals surface area contributed by atoms with Gasteiger partial charge in [-0.2, -0.15) is 0 Å². The lowest BCUT2D eigenvalue weighted by molar-refractivity contribution is -0.133. The Kier molecular flexibility index (Phi) is 6.25. The van der Waals surface area contributed by atoms with Crippen LogP contribution in [0.3, 0.4) is 0 Å². The molecule has 1 aromatic carbocycles. The Morgan fingerprint density at radius 2 is 1.59 bits per heavy atom. The molecule has 22 heavy (non-hydrogen) atoms. The minimum atomic E-state index is -0.386. The molecule has 0 atom stereocenters. The molecule has 2 rings (SSSR count). The van der Waals surface area contributed by atoms with Gasteiger partial charge in [0.05, 0.1) is 12.7 Å². The van der Waals surface area contributed by atoms with Crippen LogP contribution >= 0.6 is 0 Å². The van der Waals surface area contributed by atoms with Crippen molar-refractivity contribution in [2.45, 2.75) is 32.1 Å². The first kappa shape index (κ1) is 16.3. The van der Waals surface area contributed by atoms with Crippen molar-refractivity contribution in [1.29, 1.82) is 0 Å². The monoisotopic (exact) mass is 305 g/mol. The number of ether oxygens (including phenoxy) is 2. The van der Waals surface area contributed by atoms with Crippen LogP contribution in [0.5, 0.6) is 5.75 Å². The van der Waals surface area contributed by atoms with Crippen molar-refractivity contribution < 1.29 is 19.1 Å². The van der Waals surface area contributed by atoms with Gasteiger partial charge in [-0.15, -0.1) is 0 Å². The van der Waals surface area contributed by atoms with E-state index in [1.165, 1.54) is 26.4 Å². The molecule has 1 fully saturated rings. The summed E-state index contributed by atoms with van der Waals surface area (Å²) in [5.74, 6) is 0.218. The maximum absolute atomic E-state index is 12.2. The van der Waals surface area contributed by atoms with Crippen LogP contribution in [0.15, 0.2) is 24.3 Å². The third-order valence-corrected chi connectivity index (χ3v) is 3.85. The van der Waals surface area contributed by atoms with Crippen LogP contribution in [-0.2, 0) is 9.53 Å². The van der Waals surface area contributed by atoms with E-state index in [4.69, 9.17) is 4.74 Å². The zero-order chi connectivity index (χ0) is 15.8. The molecule has 0 aromatic heterocycles. The van der Waals surface area contributed by atoms with Crippen LogP contribution < -0.4 is 4.74 Å². The SMILES string of the molecule is COC(=O)c1ccc(OCC(=O)N2CCCCCCC2)cc1. The molecule has 1 aliphatic rings. The summed E-state index contributed by atoms with van der Waals surface area (Å²) in [6.45, 7) is 1.69. The molecule has 120 valence electrons. The van der Waals surface area contributed by atoms with E-state index in [0.717, 1.165) is 25.9 Å². The molecule has 1 aliphatic heterocycles. The Hall–Kier alpha value is -2.04. The summed E-state index contributed by atoms with van der Waals surface area (Å²) in [4.78, 5) is 25.4. The maximum atomic E-state index is 12.2. The number of nitrogens with zero attached hydrogens (tertiary/aromatic N) is 1. The van der Waals surface area contributed by atoms with E-state index >= 15 is 0 Å². The largest absolute Gasteiger partial charge is 0.484 e. The fourth-order valence-corrected chi connectivity index (χ4v) is 2.54. The van der Waals surface area contributed by atoms with Gasteiger partial charge in [-0.05, 0) is 37.1 Å². The van der Waals surface area contributed by atoms with Crippen molar-refractivity contribution in [3.63, 3.8) is 0 Å². The van der Waals surface area contributed by atoms with Crippen LogP contribution in [0.1, 0.15) is 42.5 Å². The minimum Gasteiger partial charge on any atom is -0.484 e. The summed E-state index contributed by atoms with van der Waals surface area (Å²) in [6.07, 6.45) is 5.80. The lowest BCUT2D eigenvalue weighted by atomic mass is 10.1. The molecule has 1 amide bonds. The van der Waals surface area contributed by atoms with E-state index in [1.54, 1.807) is 24.3 Å². The summed E-state index contributed by atoms with van der Waals surface area (Å²) < 4.78 is 10.2. The number of carbonyl (C=O) groups is 2. The van der Waals surface area contributed by atoms with Crippen LogP contribution in [-0.4, -0.2) is 43.6 Å². The minimum absolute atomic E-state index is 0.0268. The quantitative estimate of drug-likeness (QED) is 0.803. The number of hydrogen-bond donors (Lipinski definition) is 0. The van der Waals surface area contributed by atoms with Gasteiger partial charge >= 0.3 is 5.97 Å². The third-order valence-electron chi connectivity index (χ3n) is 3.85. The van der Waals surface area contributed by atoms with Crippen LogP contribution in [0.4, 0.5) is 0 Å². The molecular formula is C17H23NO4. The van der Waals surface area contributed by atoms with Gasteiger partial charge < -0.3 is 14.4 Å². The van der Waals surface area contributed by atoms with Gasteiger partial charge in [0.2, 0.25) is 0 Å². The highest BCUT2D eigenvalue weighted by molar-refractivity contribution is 5.89. The summed E-state index contributed by atoms with van der Waals surface area (Å²) in [5, 5.41) is 0. The molecule has 0 saturated carbocycles. The molecule has 1 aromatic rings. The van der Waals surface area contributed by atoms with E-state index in [1.807, 2.05) is 4.90 Å². The van der Waals surface area contributed by atoms with Gasteiger partial charge in [0, 0.05) is 13.1 Å². The number of rotatable bonds is 4. The van der Waals surface area contributed by atoms with Gasteiger partial charge in [-0.3, -0.25) is 4.79 Å². The number of hydrogen-bond acceptors (Lipinski definition) is 4. The number of amides is 1. The van der Waals surface area contributed by atoms with Crippen LogP contribution in [0.25, 0.3) is 0 Å². The molecule has 5 heteroatoms. The topological polar surface area (TPSA) is 55.8 Å². The van der Waals surface area contributed by atoms with Crippen LogP contribution in [0.2, 0.25) is 0 Å². The number of carbonyl (C=O) groups excluding carboxylic acids is 2. The summed E-state index contributed by atoms with van der Waals surface area (Å²) in [5.41, 5.74) is 0.463. The second kappa shape index (κ2) is 8.41. The van der Waals surface area contributed by atoms with Gasteiger partial charge in [0.1, 0.15) is 5.75 Å². The predicted molar refractivity (Wildman–Crippen MR) is 82.9 cm³/mol. The number of likely N-dealkylation sites (tertiary alicyclic amines) is 1. The lowest BCUT2D eigenvalue weighted by Crippen LogP contribution is -2.37. The summed E-state index contributed by atoms with van der Waals surface area (Å²) in [7, 11) is 1.34. The van der Waals surface area contributed by atoms with Crippen molar-refractivity contribution >= 4 is 11.9 Å². The molecule has 1 heterocycles. The molecule has 0 unspecified atom stereocenters. The highest BCUT2D eigenvalue weighted by atomic mass is 16.5. The maximum Gasteiger partial charge on any atom is 0.337 e. The van der Waals surface area contributed by atoms with Crippen LogP contribution in [0, 0.1) is 0 Å². The fourth-order valence-electron chi connectivity index (χ4n) is 2.54. The molecular weight excluding hydrogens is 282 g/mol. The Bertz CT molecular complexity index is 490. The molecule has 0 bridgehead atoms. The van der Waals surface area contributed by atoms with Gasteiger partial charge in [-0.25, -0.2) is 4.79 Å². The summed E-state index contributed by atoms with van der Waals surface area (Å²) in [6, 6.07) is 6.60. The van der Waals surface area contributed by atoms with E-state index in [2.05, 4.69) is 4.74 Å². The van der Waals surface area contributed by atoms with Crippen molar-refractivity contribution in [3.8, 4) is 5.75 Å². The van der Waals surface area contributed by atoms with E-state index in [0.29, 0.717) is 11.3 Å². The average Bonchev–Trinajstić information content (AvgIpc) is 2.52. The molecule has 0 spiro atoms. The molecule has 1 saturated heterocycles. The Labute approximate surface area is 131 Å². The standard InChI is InChI=1S/C17H23NO4/c1-21-17(20)14-7-9-15(10-8-14)22-13-16(19)18-11-5-3-2-4-6-12-18/h7-10H,2-6,11-13H2,1H3. The van der Waals surface area contributed by atoms with Gasteiger partial charge in [0.25, 0.3) is 5.91 Å². The number of methoxy groups -OCH3 is 1. The van der Waals surface area contributed by atoms with Crippen molar-refractivity contribution in [1.82, 2.24) is 4.90 Å². The Balaban J connectivity index is 1.83. The Morgan fingerprint density at radius 1 is 1.00 bits per heavy atom. The van der Waals surface area contributed by atoms with E-state index in [-0.39, 0.29) is 18.5 Å². The molecule has 0 aliphatic carbocycles.